The number of methoxy groups -OCH3 is 1. The van der Waals surface area contributed by atoms with Crippen LogP contribution in [0.2, 0.25) is 5.02 Å². The van der Waals surface area contributed by atoms with Gasteiger partial charge in [0.15, 0.2) is 0 Å². The molecule has 0 fully saturated rings. The zero-order chi connectivity index (χ0) is 10.6. The predicted octanol–water partition coefficient (Wildman–Crippen LogP) is 1.80. The first kappa shape index (κ1) is 14.2. The highest BCUT2D eigenvalue weighted by molar-refractivity contribution is 6.30. The lowest BCUT2D eigenvalue weighted by atomic mass is 10.1. The Balaban J connectivity index is 0.00000196. The Hall–Kier alpha value is -0.770. The first-order valence-corrected chi connectivity index (χ1v) is 4.59. The molecule has 0 radical (unpaired) electrons. The van der Waals surface area contributed by atoms with E-state index in [-0.39, 0.29) is 12.4 Å². The van der Waals surface area contributed by atoms with Gasteiger partial charge in [-0.05, 0) is 24.1 Å². The summed E-state index contributed by atoms with van der Waals surface area (Å²) in [6.07, 6.45) is 0.462. The summed E-state index contributed by atoms with van der Waals surface area (Å²) >= 11 is 5.72. The molecular weight excluding hydrogens is 237 g/mol. The largest absolute Gasteiger partial charge is 0.468 e. The van der Waals surface area contributed by atoms with Gasteiger partial charge in [-0.25, -0.2) is 0 Å². The summed E-state index contributed by atoms with van der Waals surface area (Å²) in [5, 5.41) is 0.667. The number of benzene rings is 1. The molecule has 2 N–H and O–H groups in total. The van der Waals surface area contributed by atoms with Gasteiger partial charge in [0.2, 0.25) is 0 Å². The number of carbonyl (C=O) groups excluding carboxylic acids is 1. The quantitative estimate of drug-likeness (QED) is 0.832. The highest BCUT2D eigenvalue weighted by Gasteiger charge is 2.13. The summed E-state index contributed by atoms with van der Waals surface area (Å²) in [6.45, 7) is 0. The van der Waals surface area contributed by atoms with Gasteiger partial charge in [-0.2, -0.15) is 0 Å². The lowest BCUT2D eigenvalue weighted by molar-refractivity contribution is -0.142. The Bertz CT molecular complexity index is 314. The molecular formula is C10H13Cl2NO2. The van der Waals surface area contributed by atoms with Crippen LogP contribution in [0.5, 0.6) is 0 Å². The van der Waals surface area contributed by atoms with Gasteiger partial charge in [0.25, 0.3) is 0 Å². The molecule has 1 aromatic rings. The number of carbonyl (C=O) groups is 1. The molecule has 1 aromatic carbocycles. The number of esters is 1. The fraction of sp³-hybridized carbons (Fsp3) is 0.300. The van der Waals surface area contributed by atoms with Crippen LogP contribution in [-0.4, -0.2) is 19.1 Å². The van der Waals surface area contributed by atoms with Crippen molar-refractivity contribution >= 4 is 30.0 Å². The van der Waals surface area contributed by atoms with E-state index >= 15 is 0 Å². The van der Waals surface area contributed by atoms with Crippen molar-refractivity contribution in [2.75, 3.05) is 7.11 Å². The fourth-order valence-electron chi connectivity index (χ4n) is 1.11. The van der Waals surface area contributed by atoms with E-state index in [1.807, 2.05) is 12.1 Å². The van der Waals surface area contributed by atoms with E-state index in [0.29, 0.717) is 11.4 Å². The monoisotopic (exact) mass is 249 g/mol. The van der Waals surface area contributed by atoms with Gasteiger partial charge in [-0.15, -0.1) is 12.4 Å². The molecule has 0 aromatic heterocycles. The molecule has 84 valence electrons. The van der Waals surface area contributed by atoms with Gasteiger partial charge in [0.05, 0.1) is 7.11 Å². The number of ether oxygens (including phenoxy) is 1. The molecule has 0 saturated carbocycles. The SMILES string of the molecule is COC(=O)[C@@H](N)Cc1ccc(Cl)cc1.Cl. The van der Waals surface area contributed by atoms with Crippen LogP contribution in [0, 0.1) is 0 Å². The Labute approximate surface area is 100.0 Å². The third-order valence-electron chi connectivity index (χ3n) is 1.87. The molecule has 3 nitrogen and oxygen atoms in total. The minimum absolute atomic E-state index is 0. The number of hydrogen-bond donors (Lipinski definition) is 1. The molecule has 15 heavy (non-hydrogen) atoms. The van der Waals surface area contributed by atoms with Crippen molar-refractivity contribution in [1.82, 2.24) is 0 Å². The van der Waals surface area contributed by atoms with Crippen molar-refractivity contribution in [1.29, 1.82) is 0 Å². The second kappa shape index (κ2) is 6.67. The molecule has 5 heteroatoms. The maximum absolute atomic E-state index is 11.0. The zero-order valence-corrected chi connectivity index (χ0v) is 9.85. The predicted molar refractivity (Wildman–Crippen MR) is 62.4 cm³/mol. The van der Waals surface area contributed by atoms with E-state index in [0.717, 1.165) is 5.56 Å². The zero-order valence-electron chi connectivity index (χ0n) is 8.27. The van der Waals surface area contributed by atoms with Gasteiger partial charge < -0.3 is 10.5 Å². The van der Waals surface area contributed by atoms with Crippen LogP contribution in [0.4, 0.5) is 0 Å². The highest BCUT2D eigenvalue weighted by Crippen LogP contribution is 2.10. The fourth-order valence-corrected chi connectivity index (χ4v) is 1.24. The average Bonchev–Trinajstić information content (AvgIpc) is 2.20. The van der Waals surface area contributed by atoms with Gasteiger partial charge in [0, 0.05) is 5.02 Å². The molecule has 0 aliphatic rings. The summed E-state index contributed by atoms with van der Waals surface area (Å²) in [4.78, 5) is 11.0. The number of rotatable bonds is 3. The van der Waals surface area contributed by atoms with E-state index in [2.05, 4.69) is 4.74 Å². The van der Waals surface area contributed by atoms with E-state index in [9.17, 15) is 4.79 Å². The summed E-state index contributed by atoms with van der Waals surface area (Å²) < 4.78 is 4.52. The van der Waals surface area contributed by atoms with Gasteiger partial charge in [0.1, 0.15) is 6.04 Å². The second-order valence-corrected chi connectivity index (χ2v) is 3.40. The Morgan fingerprint density at radius 2 is 2.00 bits per heavy atom. The van der Waals surface area contributed by atoms with Crippen molar-refractivity contribution in [3.05, 3.63) is 34.9 Å². The molecule has 1 atom stereocenters. The van der Waals surface area contributed by atoms with Crippen molar-refractivity contribution in [2.45, 2.75) is 12.5 Å². The second-order valence-electron chi connectivity index (χ2n) is 2.96. The smallest absolute Gasteiger partial charge is 0.322 e. The van der Waals surface area contributed by atoms with Crippen LogP contribution < -0.4 is 5.73 Å². The molecule has 0 amide bonds. The Kier molecular flexibility index (Phi) is 6.32. The first-order chi connectivity index (χ1) is 6.63. The third-order valence-corrected chi connectivity index (χ3v) is 2.12. The molecule has 0 bridgehead atoms. The minimum Gasteiger partial charge on any atom is -0.468 e. The van der Waals surface area contributed by atoms with Crippen LogP contribution >= 0.6 is 24.0 Å². The summed E-state index contributed by atoms with van der Waals surface area (Å²) in [6, 6.07) is 6.60. The number of halogens is 2. The van der Waals surface area contributed by atoms with Gasteiger partial charge in [-0.1, -0.05) is 23.7 Å². The van der Waals surface area contributed by atoms with E-state index in [1.165, 1.54) is 7.11 Å². The van der Waals surface area contributed by atoms with Crippen LogP contribution in [-0.2, 0) is 16.0 Å². The topological polar surface area (TPSA) is 52.3 Å². The number of nitrogens with two attached hydrogens (primary N) is 1. The van der Waals surface area contributed by atoms with Gasteiger partial charge in [-0.3, -0.25) is 4.79 Å². The van der Waals surface area contributed by atoms with E-state index in [1.54, 1.807) is 12.1 Å². The highest BCUT2D eigenvalue weighted by atomic mass is 35.5. The van der Waals surface area contributed by atoms with Crippen LogP contribution in [0.25, 0.3) is 0 Å². The van der Waals surface area contributed by atoms with Crippen molar-refractivity contribution < 1.29 is 9.53 Å². The Morgan fingerprint density at radius 3 is 2.47 bits per heavy atom. The summed E-state index contributed by atoms with van der Waals surface area (Å²) in [5.41, 5.74) is 6.56. The molecule has 1 rings (SSSR count). The van der Waals surface area contributed by atoms with E-state index < -0.39 is 12.0 Å². The maximum atomic E-state index is 11.0. The number of hydrogen-bond acceptors (Lipinski definition) is 3. The third kappa shape index (κ3) is 4.51. The molecule has 0 aliphatic heterocycles. The van der Waals surface area contributed by atoms with Crippen molar-refractivity contribution in [2.24, 2.45) is 5.73 Å². The normalized spacial score (nSPS) is 11.4. The van der Waals surface area contributed by atoms with Crippen LogP contribution in [0.15, 0.2) is 24.3 Å². The van der Waals surface area contributed by atoms with Gasteiger partial charge >= 0.3 is 5.97 Å². The molecule has 0 unspecified atom stereocenters. The lowest BCUT2D eigenvalue weighted by Gasteiger charge is -2.08. The van der Waals surface area contributed by atoms with Crippen molar-refractivity contribution in [3.8, 4) is 0 Å². The van der Waals surface area contributed by atoms with Crippen LogP contribution in [0.3, 0.4) is 0 Å². The summed E-state index contributed by atoms with van der Waals surface area (Å²) in [7, 11) is 1.32. The Morgan fingerprint density at radius 1 is 1.47 bits per heavy atom. The lowest BCUT2D eigenvalue weighted by Crippen LogP contribution is -2.33. The van der Waals surface area contributed by atoms with Crippen molar-refractivity contribution in [3.63, 3.8) is 0 Å². The van der Waals surface area contributed by atoms with E-state index in [4.69, 9.17) is 17.3 Å². The molecule has 0 saturated heterocycles. The molecule has 0 spiro atoms. The van der Waals surface area contributed by atoms with Crippen LogP contribution in [0.1, 0.15) is 5.56 Å². The minimum atomic E-state index is -0.610. The molecule has 0 aliphatic carbocycles. The first-order valence-electron chi connectivity index (χ1n) is 4.21. The maximum Gasteiger partial charge on any atom is 0.322 e. The summed E-state index contributed by atoms with van der Waals surface area (Å²) in [5.74, 6) is -0.403. The standard InChI is InChI=1S/C10H12ClNO2.ClH/c1-14-10(13)9(12)6-7-2-4-8(11)5-3-7;/h2-5,9H,6,12H2,1H3;1H/t9-;/m0./s1. The average molecular weight is 250 g/mol. The molecule has 0 heterocycles.